The van der Waals surface area contributed by atoms with Crippen molar-refractivity contribution in [2.45, 2.75) is 44.2 Å². The van der Waals surface area contributed by atoms with Crippen molar-refractivity contribution >= 4 is 17.7 Å². The molecule has 0 saturated heterocycles. The number of nitrogens with one attached hydrogen (secondary N) is 1. The fourth-order valence-corrected chi connectivity index (χ4v) is 2.52. The van der Waals surface area contributed by atoms with Gasteiger partial charge in [0.05, 0.1) is 5.75 Å². The van der Waals surface area contributed by atoms with Gasteiger partial charge in [-0.25, -0.2) is 0 Å². The summed E-state index contributed by atoms with van der Waals surface area (Å²) in [6.45, 7) is 4.70. The minimum Gasteiger partial charge on any atom is -0.353 e. The largest absolute Gasteiger partial charge is 0.353 e. The molecular formula is C14H22N2OS. The Hall–Kier alpha value is -1.00. The number of amides is 1. The van der Waals surface area contributed by atoms with Crippen LogP contribution in [-0.4, -0.2) is 17.7 Å². The fourth-order valence-electron chi connectivity index (χ4n) is 1.73. The standard InChI is InChI=1S/C14H22N2OS/c1-3-5-11(2)16-14(17)10-18-13-7-4-6-12(8-13)9-15/h4,6-8,11H,3,5,9-10,15H2,1-2H3,(H,16,17). The zero-order chi connectivity index (χ0) is 13.4. The summed E-state index contributed by atoms with van der Waals surface area (Å²) in [4.78, 5) is 12.8. The summed E-state index contributed by atoms with van der Waals surface area (Å²) in [7, 11) is 0. The van der Waals surface area contributed by atoms with Gasteiger partial charge < -0.3 is 11.1 Å². The quantitative estimate of drug-likeness (QED) is 0.746. The zero-order valence-corrected chi connectivity index (χ0v) is 11.9. The third kappa shape index (κ3) is 5.56. The predicted molar refractivity (Wildman–Crippen MR) is 77.6 cm³/mol. The molecule has 1 unspecified atom stereocenters. The lowest BCUT2D eigenvalue weighted by Gasteiger charge is -2.12. The number of carbonyl (C=O) groups excluding carboxylic acids is 1. The lowest BCUT2D eigenvalue weighted by atomic mass is 10.2. The molecule has 0 aliphatic heterocycles. The Morgan fingerprint density at radius 2 is 2.28 bits per heavy atom. The number of nitrogens with two attached hydrogens (primary N) is 1. The van der Waals surface area contributed by atoms with Crippen LogP contribution in [0.5, 0.6) is 0 Å². The van der Waals surface area contributed by atoms with Gasteiger partial charge in [0.1, 0.15) is 0 Å². The molecule has 3 nitrogen and oxygen atoms in total. The van der Waals surface area contributed by atoms with E-state index in [1.54, 1.807) is 11.8 Å². The highest BCUT2D eigenvalue weighted by Crippen LogP contribution is 2.18. The second-order valence-electron chi connectivity index (χ2n) is 4.40. The van der Waals surface area contributed by atoms with Crippen molar-refractivity contribution in [3.63, 3.8) is 0 Å². The van der Waals surface area contributed by atoms with Gasteiger partial charge in [0.15, 0.2) is 0 Å². The molecule has 3 N–H and O–H groups in total. The van der Waals surface area contributed by atoms with E-state index in [0.717, 1.165) is 23.3 Å². The maximum atomic E-state index is 11.7. The summed E-state index contributed by atoms with van der Waals surface area (Å²) < 4.78 is 0. The Labute approximate surface area is 114 Å². The van der Waals surface area contributed by atoms with E-state index >= 15 is 0 Å². The molecule has 1 atom stereocenters. The molecule has 0 aliphatic carbocycles. The van der Waals surface area contributed by atoms with Gasteiger partial charge in [-0.15, -0.1) is 11.8 Å². The maximum absolute atomic E-state index is 11.7. The Morgan fingerprint density at radius 3 is 2.94 bits per heavy atom. The molecule has 0 fully saturated rings. The normalized spacial score (nSPS) is 12.2. The lowest BCUT2D eigenvalue weighted by Crippen LogP contribution is -2.33. The average Bonchev–Trinajstić information content (AvgIpc) is 2.37. The van der Waals surface area contributed by atoms with Gasteiger partial charge in [0, 0.05) is 17.5 Å². The number of hydrogen-bond donors (Lipinski definition) is 2. The Morgan fingerprint density at radius 1 is 1.50 bits per heavy atom. The third-order valence-electron chi connectivity index (χ3n) is 2.63. The van der Waals surface area contributed by atoms with E-state index in [4.69, 9.17) is 5.73 Å². The second kappa shape index (κ2) is 8.16. The summed E-state index contributed by atoms with van der Waals surface area (Å²) in [6.07, 6.45) is 2.12. The van der Waals surface area contributed by atoms with E-state index in [9.17, 15) is 4.79 Å². The predicted octanol–water partition coefficient (Wildman–Crippen LogP) is 2.54. The Bertz CT molecular complexity index is 382. The molecule has 0 heterocycles. The molecular weight excluding hydrogens is 244 g/mol. The van der Waals surface area contributed by atoms with Gasteiger partial charge in [0.2, 0.25) is 5.91 Å². The second-order valence-corrected chi connectivity index (χ2v) is 5.45. The van der Waals surface area contributed by atoms with Crippen LogP contribution in [0.3, 0.4) is 0 Å². The number of thioether (sulfide) groups is 1. The minimum absolute atomic E-state index is 0.0964. The van der Waals surface area contributed by atoms with E-state index < -0.39 is 0 Å². The van der Waals surface area contributed by atoms with Crippen LogP contribution >= 0.6 is 11.8 Å². The van der Waals surface area contributed by atoms with Gasteiger partial charge in [-0.05, 0) is 31.0 Å². The molecule has 18 heavy (non-hydrogen) atoms. The molecule has 1 aromatic carbocycles. The van der Waals surface area contributed by atoms with E-state index in [-0.39, 0.29) is 11.9 Å². The molecule has 0 aromatic heterocycles. The van der Waals surface area contributed by atoms with Crippen molar-refractivity contribution in [3.05, 3.63) is 29.8 Å². The molecule has 0 saturated carbocycles. The smallest absolute Gasteiger partial charge is 0.230 e. The third-order valence-corrected chi connectivity index (χ3v) is 3.63. The number of rotatable bonds is 7. The van der Waals surface area contributed by atoms with E-state index in [0.29, 0.717) is 12.3 Å². The van der Waals surface area contributed by atoms with Crippen molar-refractivity contribution in [1.82, 2.24) is 5.32 Å². The van der Waals surface area contributed by atoms with Crippen molar-refractivity contribution in [1.29, 1.82) is 0 Å². The summed E-state index contributed by atoms with van der Waals surface area (Å²) in [5.41, 5.74) is 6.68. The average molecular weight is 266 g/mol. The molecule has 1 amide bonds. The Kier molecular flexibility index (Phi) is 6.83. The number of carbonyl (C=O) groups is 1. The summed E-state index contributed by atoms with van der Waals surface area (Å²) in [6, 6.07) is 8.27. The minimum atomic E-state index is 0.0964. The van der Waals surface area contributed by atoms with Crippen molar-refractivity contribution in [3.8, 4) is 0 Å². The molecule has 100 valence electrons. The van der Waals surface area contributed by atoms with E-state index in [1.165, 1.54) is 0 Å². The van der Waals surface area contributed by atoms with Gasteiger partial charge in [-0.3, -0.25) is 4.79 Å². The molecule has 1 rings (SSSR count). The number of benzene rings is 1. The lowest BCUT2D eigenvalue weighted by molar-refractivity contribution is -0.119. The number of hydrogen-bond acceptors (Lipinski definition) is 3. The van der Waals surface area contributed by atoms with Crippen LogP contribution < -0.4 is 11.1 Å². The summed E-state index contributed by atoms with van der Waals surface area (Å²) in [5.74, 6) is 0.557. The van der Waals surface area contributed by atoms with Crippen molar-refractivity contribution in [2.24, 2.45) is 5.73 Å². The molecule has 4 heteroatoms. The zero-order valence-electron chi connectivity index (χ0n) is 11.1. The van der Waals surface area contributed by atoms with Gasteiger partial charge in [-0.2, -0.15) is 0 Å². The van der Waals surface area contributed by atoms with Gasteiger partial charge in [0.25, 0.3) is 0 Å². The van der Waals surface area contributed by atoms with E-state index in [1.807, 2.05) is 31.2 Å². The molecule has 0 radical (unpaired) electrons. The first-order valence-electron chi connectivity index (χ1n) is 6.37. The van der Waals surface area contributed by atoms with Crippen LogP contribution in [0.4, 0.5) is 0 Å². The highest BCUT2D eigenvalue weighted by atomic mass is 32.2. The first-order valence-corrected chi connectivity index (χ1v) is 7.35. The summed E-state index contributed by atoms with van der Waals surface area (Å²) in [5, 5.41) is 3.00. The molecule has 0 bridgehead atoms. The van der Waals surface area contributed by atoms with E-state index in [2.05, 4.69) is 12.2 Å². The molecule has 1 aromatic rings. The molecule has 0 spiro atoms. The van der Waals surface area contributed by atoms with Crippen molar-refractivity contribution in [2.75, 3.05) is 5.75 Å². The topological polar surface area (TPSA) is 55.1 Å². The summed E-state index contributed by atoms with van der Waals surface area (Å²) >= 11 is 1.55. The highest BCUT2D eigenvalue weighted by Gasteiger charge is 2.07. The SMILES string of the molecule is CCCC(C)NC(=O)CSc1cccc(CN)c1. The first-order chi connectivity index (χ1) is 8.65. The monoisotopic (exact) mass is 266 g/mol. The van der Waals surface area contributed by atoms with Crippen LogP contribution in [0, 0.1) is 0 Å². The van der Waals surface area contributed by atoms with Gasteiger partial charge >= 0.3 is 0 Å². The van der Waals surface area contributed by atoms with Crippen LogP contribution in [0.25, 0.3) is 0 Å². The van der Waals surface area contributed by atoms with Gasteiger partial charge in [-0.1, -0.05) is 25.5 Å². The maximum Gasteiger partial charge on any atom is 0.230 e. The van der Waals surface area contributed by atoms with Crippen molar-refractivity contribution < 1.29 is 4.79 Å². The fraction of sp³-hybridized carbons (Fsp3) is 0.500. The van der Waals surface area contributed by atoms with Crippen LogP contribution in [0.15, 0.2) is 29.2 Å². The highest BCUT2D eigenvalue weighted by molar-refractivity contribution is 8.00. The molecule has 0 aliphatic rings. The van der Waals surface area contributed by atoms with Crippen LogP contribution in [0.2, 0.25) is 0 Å². The first kappa shape index (κ1) is 15.1. The van der Waals surface area contributed by atoms with Crippen LogP contribution in [-0.2, 0) is 11.3 Å². The van der Waals surface area contributed by atoms with Crippen LogP contribution in [0.1, 0.15) is 32.3 Å². The Balaban J connectivity index is 2.37.